The van der Waals surface area contributed by atoms with Gasteiger partial charge in [0.15, 0.2) is 0 Å². The molecule has 18 heavy (non-hydrogen) atoms. The topological polar surface area (TPSA) is 76.2 Å². The van der Waals surface area contributed by atoms with E-state index in [0.717, 1.165) is 11.1 Å². The molecule has 1 heterocycles. The lowest BCUT2D eigenvalue weighted by Crippen LogP contribution is -2.03. The van der Waals surface area contributed by atoms with E-state index in [9.17, 15) is 4.79 Å². The van der Waals surface area contributed by atoms with Crippen molar-refractivity contribution in [2.45, 2.75) is 6.92 Å². The Labute approximate surface area is 109 Å². The number of nitrogen functional groups attached to an aromatic ring is 1. The van der Waals surface area contributed by atoms with Crippen LogP contribution < -0.4 is 5.73 Å². The minimum atomic E-state index is -1.04. The average Bonchev–Trinajstić information content (AvgIpc) is 2.32. The lowest BCUT2D eigenvalue weighted by atomic mass is 10.0. The molecule has 0 spiro atoms. The summed E-state index contributed by atoms with van der Waals surface area (Å²) in [6.07, 6.45) is 1.46. The van der Waals surface area contributed by atoms with Gasteiger partial charge < -0.3 is 10.8 Å². The molecule has 0 aliphatic heterocycles. The van der Waals surface area contributed by atoms with Crippen molar-refractivity contribution in [3.63, 3.8) is 0 Å². The molecule has 5 heteroatoms. The van der Waals surface area contributed by atoms with Crippen molar-refractivity contribution in [2.75, 3.05) is 5.73 Å². The molecule has 0 fully saturated rings. The second-order valence-electron chi connectivity index (χ2n) is 3.92. The van der Waals surface area contributed by atoms with Crippen molar-refractivity contribution in [1.29, 1.82) is 0 Å². The number of rotatable bonds is 2. The van der Waals surface area contributed by atoms with E-state index >= 15 is 0 Å². The van der Waals surface area contributed by atoms with Gasteiger partial charge in [0, 0.05) is 16.8 Å². The Kier molecular flexibility index (Phi) is 3.21. The zero-order valence-corrected chi connectivity index (χ0v) is 10.4. The Balaban J connectivity index is 2.63. The molecule has 0 amide bonds. The molecule has 0 aliphatic rings. The smallest absolute Gasteiger partial charge is 0.336 e. The Morgan fingerprint density at radius 2 is 2.11 bits per heavy atom. The van der Waals surface area contributed by atoms with E-state index in [1.165, 1.54) is 12.3 Å². The number of halogens is 1. The number of aromatic nitrogens is 1. The van der Waals surface area contributed by atoms with Gasteiger partial charge in [0.2, 0.25) is 0 Å². The summed E-state index contributed by atoms with van der Waals surface area (Å²) in [7, 11) is 0. The van der Waals surface area contributed by atoms with Gasteiger partial charge in [0.05, 0.1) is 5.56 Å². The van der Waals surface area contributed by atoms with Crippen molar-refractivity contribution >= 4 is 23.4 Å². The maximum absolute atomic E-state index is 11.2. The number of carboxylic acid groups (broad SMARTS) is 1. The zero-order valence-electron chi connectivity index (χ0n) is 9.64. The summed E-state index contributed by atoms with van der Waals surface area (Å²) < 4.78 is 0. The summed E-state index contributed by atoms with van der Waals surface area (Å²) in [6.45, 7) is 1.86. The van der Waals surface area contributed by atoms with E-state index in [0.29, 0.717) is 10.6 Å². The highest BCUT2D eigenvalue weighted by molar-refractivity contribution is 6.31. The molecular weight excluding hydrogens is 252 g/mol. The van der Waals surface area contributed by atoms with E-state index in [-0.39, 0.29) is 11.4 Å². The van der Waals surface area contributed by atoms with Crippen molar-refractivity contribution in [3.05, 3.63) is 46.6 Å². The minimum absolute atomic E-state index is 0.129. The summed E-state index contributed by atoms with van der Waals surface area (Å²) in [4.78, 5) is 15.1. The lowest BCUT2D eigenvalue weighted by Gasteiger charge is -2.08. The molecule has 0 radical (unpaired) electrons. The fourth-order valence-corrected chi connectivity index (χ4v) is 1.81. The fraction of sp³-hybridized carbons (Fsp3) is 0.0769. The van der Waals surface area contributed by atoms with E-state index in [1.54, 1.807) is 12.1 Å². The molecule has 92 valence electrons. The van der Waals surface area contributed by atoms with Crippen LogP contribution in [0.25, 0.3) is 11.1 Å². The van der Waals surface area contributed by atoms with Gasteiger partial charge in [0.25, 0.3) is 0 Å². The van der Waals surface area contributed by atoms with Gasteiger partial charge in [0.1, 0.15) is 5.82 Å². The molecule has 1 aromatic heterocycles. The first kappa shape index (κ1) is 12.4. The number of hydrogen-bond donors (Lipinski definition) is 2. The summed E-state index contributed by atoms with van der Waals surface area (Å²) in [5.41, 5.74) is 7.78. The van der Waals surface area contributed by atoms with Crippen LogP contribution in [0.3, 0.4) is 0 Å². The van der Waals surface area contributed by atoms with Crippen molar-refractivity contribution in [2.24, 2.45) is 0 Å². The fourth-order valence-electron chi connectivity index (χ4n) is 1.69. The normalized spacial score (nSPS) is 10.3. The summed E-state index contributed by atoms with van der Waals surface area (Å²) in [5, 5.41) is 9.80. The highest BCUT2D eigenvalue weighted by Crippen LogP contribution is 2.27. The third-order valence-electron chi connectivity index (χ3n) is 2.62. The van der Waals surface area contributed by atoms with E-state index in [1.807, 2.05) is 13.0 Å². The Morgan fingerprint density at radius 1 is 1.39 bits per heavy atom. The largest absolute Gasteiger partial charge is 0.478 e. The number of aromatic carboxylic acids is 1. The number of benzene rings is 1. The number of aryl methyl sites for hydroxylation is 1. The second kappa shape index (κ2) is 4.66. The van der Waals surface area contributed by atoms with Gasteiger partial charge in [-0.25, -0.2) is 9.78 Å². The number of carboxylic acids is 1. The number of hydrogen-bond acceptors (Lipinski definition) is 3. The molecule has 0 atom stereocenters. The molecule has 0 bridgehead atoms. The number of anilines is 1. The van der Waals surface area contributed by atoms with Crippen LogP contribution >= 0.6 is 11.6 Å². The summed E-state index contributed by atoms with van der Waals surface area (Å²) in [6, 6.07) is 6.66. The number of carbonyl (C=O) groups is 1. The lowest BCUT2D eigenvalue weighted by molar-refractivity contribution is 0.0697. The first-order valence-corrected chi connectivity index (χ1v) is 5.62. The predicted octanol–water partition coefficient (Wildman–Crippen LogP) is 2.99. The van der Waals surface area contributed by atoms with Gasteiger partial charge in [-0.1, -0.05) is 17.7 Å². The van der Waals surface area contributed by atoms with Crippen molar-refractivity contribution in [3.8, 4) is 11.1 Å². The maximum atomic E-state index is 11.2. The predicted molar refractivity (Wildman–Crippen MR) is 70.8 cm³/mol. The van der Waals surface area contributed by atoms with Crippen molar-refractivity contribution in [1.82, 2.24) is 4.98 Å². The molecule has 2 rings (SSSR count). The number of nitrogens with zero attached hydrogens (tertiary/aromatic N) is 1. The third-order valence-corrected chi connectivity index (χ3v) is 3.05. The second-order valence-corrected chi connectivity index (χ2v) is 4.33. The molecular formula is C13H11ClN2O2. The van der Waals surface area contributed by atoms with Gasteiger partial charge in [-0.2, -0.15) is 0 Å². The van der Waals surface area contributed by atoms with Crippen LogP contribution in [0.5, 0.6) is 0 Å². The Morgan fingerprint density at radius 3 is 2.72 bits per heavy atom. The first-order chi connectivity index (χ1) is 8.49. The molecule has 1 aromatic carbocycles. The molecule has 0 aliphatic carbocycles. The van der Waals surface area contributed by atoms with E-state index in [2.05, 4.69) is 4.98 Å². The molecule has 4 nitrogen and oxygen atoms in total. The highest BCUT2D eigenvalue weighted by Gasteiger charge is 2.13. The molecule has 2 aromatic rings. The van der Waals surface area contributed by atoms with Crippen LogP contribution in [0.4, 0.5) is 5.82 Å². The van der Waals surface area contributed by atoms with Crippen LogP contribution in [0.1, 0.15) is 15.9 Å². The van der Waals surface area contributed by atoms with Gasteiger partial charge >= 0.3 is 5.97 Å². The van der Waals surface area contributed by atoms with Gasteiger partial charge in [-0.05, 0) is 36.2 Å². The number of pyridine rings is 1. The SMILES string of the molecule is Cc1cc(-c2cnc(N)cc2C(=O)O)ccc1Cl. The molecule has 0 saturated heterocycles. The van der Waals surface area contributed by atoms with Gasteiger partial charge in [-0.15, -0.1) is 0 Å². The van der Waals surface area contributed by atoms with Crippen molar-refractivity contribution < 1.29 is 9.90 Å². The van der Waals surface area contributed by atoms with Crippen LogP contribution in [0.15, 0.2) is 30.5 Å². The minimum Gasteiger partial charge on any atom is -0.478 e. The third kappa shape index (κ3) is 2.28. The maximum Gasteiger partial charge on any atom is 0.336 e. The first-order valence-electron chi connectivity index (χ1n) is 5.24. The molecule has 3 N–H and O–H groups in total. The van der Waals surface area contributed by atoms with Crippen LogP contribution in [0, 0.1) is 6.92 Å². The summed E-state index contributed by atoms with van der Waals surface area (Å²) in [5.74, 6) is -0.853. The average molecular weight is 263 g/mol. The van der Waals surface area contributed by atoms with Crippen LogP contribution in [-0.4, -0.2) is 16.1 Å². The van der Waals surface area contributed by atoms with Crippen LogP contribution in [0.2, 0.25) is 5.02 Å². The standard InChI is InChI=1S/C13H11ClN2O2/c1-7-4-8(2-3-11(7)14)10-6-16-12(15)5-9(10)13(17)18/h2-6H,1H3,(H2,15,16)(H,17,18). The number of nitrogens with two attached hydrogens (primary N) is 1. The zero-order chi connectivity index (χ0) is 13.3. The molecule has 0 saturated carbocycles. The van der Waals surface area contributed by atoms with E-state index < -0.39 is 5.97 Å². The van der Waals surface area contributed by atoms with Crippen LogP contribution in [-0.2, 0) is 0 Å². The quantitative estimate of drug-likeness (QED) is 0.872. The van der Waals surface area contributed by atoms with Gasteiger partial charge in [-0.3, -0.25) is 0 Å². The Hall–Kier alpha value is -2.07. The summed E-state index contributed by atoms with van der Waals surface area (Å²) >= 11 is 5.94. The van der Waals surface area contributed by atoms with E-state index in [4.69, 9.17) is 22.4 Å². The monoisotopic (exact) mass is 262 g/mol. The highest BCUT2D eigenvalue weighted by atomic mass is 35.5. The Bertz CT molecular complexity index is 626. The molecule has 0 unspecified atom stereocenters.